The first-order valence-corrected chi connectivity index (χ1v) is 7.03. The molecule has 8 nitrogen and oxygen atoms in total. The minimum absolute atomic E-state index is 0.0175. The summed E-state index contributed by atoms with van der Waals surface area (Å²) >= 11 is 0. The summed E-state index contributed by atoms with van der Waals surface area (Å²) in [6.45, 7) is 6.11. The van der Waals surface area contributed by atoms with Gasteiger partial charge in [-0.25, -0.2) is 4.79 Å². The van der Waals surface area contributed by atoms with E-state index < -0.39 is 18.0 Å². The van der Waals surface area contributed by atoms with E-state index in [1.807, 2.05) is 0 Å². The summed E-state index contributed by atoms with van der Waals surface area (Å²) in [6.07, 6.45) is -0.912. The zero-order valence-corrected chi connectivity index (χ0v) is 12.9. The first kappa shape index (κ1) is 20.5. The van der Waals surface area contributed by atoms with Crippen LogP contribution in [0.25, 0.3) is 0 Å². The number of aliphatic hydroxyl groups excluding tert-OH is 2. The molecule has 0 bridgehead atoms. The smallest absolute Gasteiger partial charge is 0.333 e. The van der Waals surface area contributed by atoms with Gasteiger partial charge in [0.2, 0.25) is 0 Å². The summed E-state index contributed by atoms with van der Waals surface area (Å²) in [4.78, 5) is 22.5. The molecule has 22 heavy (non-hydrogen) atoms. The van der Waals surface area contributed by atoms with E-state index in [2.05, 4.69) is 11.9 Å². The van der Waals surface area contributed by atoms with E-state index in [9.17, 15) is 14.7 Å². The van der Waals surface area contributed by atoms with Crippen molar-refractivity contribution in [3.63, 3.8) is 0 Å². The molecule has 0 aromatic rings. The number of hydrogen-bond donors (Lipinski definition) is 3. The molecule has 0 spiro atoms. The van der Waals surface area contributed by atoms with E-state index in [1.165, 1.54) is 6.92 Å². The van der Waals surface area contributed by atoms with Crippen molar-refractivity contribution in [2.75, 3.05) is 46.1 Å². The highest BCUT2D eigenvalue weighted by atomic mass is 16.6. The highest BCUT2D eigenvalue weighted by Gasteiger charge is 2.12. The lowest BCUT2D eigenvalue weighted by molar-refractivity contribution is -0.150. The largest absolute Gasteiger partial charge is 0.463 e. The Bertz CT molecular complexity index is 346. The van der Waals surface area contributed by atoms with E-state index in [0.717, 1.165) is 0 Å². The van der Waals surface area contributed by atoms with Crippen molar-refractivity contribution >= 4 is 11.9 Å². The average molecular weight is 319 g/mol. The Morgan fingerprint density at radius 1 is 1.18 bits per heavy atom. The van der Waals surface area contributed by atoms with Crippen LogP contribution in [0.1, 0.15) is 13.3 Å². The highest BCUT2D eigenvalue weighted by molar-refractivity contribution is 5.86. The molecular weight excluding hydrogens is 294 g/mol. The van der Waals surface area contributed by atoms with Crippen LogP contribution in [0, 0.1) is 0 Å². The van der Waals surface area contributed by atoms with Gasteiger partial charge in [0.25, 0.3) is 0 Å². The molecule has 1 unspecified atom stereocenters. The molecule has 0 heterocycles. The van der Waals surface area contributed by atoms with Crippen molar-refractivity contribution in [3.05, 3.63) is 12.2 Å². The molecule has 0 amide bonds. The summed E-state index contributed by atoms with van der Waals surface area (Å²) < 4.78 is 14.6. The third-order valence-corrected chi connectivity index (χ3v) is 2.36. The van der Waals surface area contributed by atoms with Crippen LogP contribution in [-0.2, 0) is 23.8 Å². The van der Waals surface area contributed by atoms with Gasteiger partial charge >= 0.3 is 11.9 Å². The van der Waals surface area contributed by atoms with Crippen molar-refractivity contribution in [2.45, 2.75) is 19.4 Å². The van der Waals surface area contributed by atoms with Crippen molar-refractivity contribution in [3.8, 4) is 0 Å². The maximum Gasteiger partial charge on any atom is 0.333 e. The minimum Gasteiger partial charge on any atom is -0.463 e. The number of hydrogen-bond acceptors (Lipinski definition) is 8. The Morgan fingerprint density at radius 3 is 2.50 bits per heavy atom. The second kappa shape index (κ2) is 13.2. The summed E-state index contributed by atoms with van der Waals surface area (Å²) in [6, 6.07) is 0. The molecule has 0 aliphatic carbocycles. The average Bonchev–Trinajstić information content (AvgIpc) is 2.49. The molecule has 128 valence electrons. The number of carbonyl (C=O) groups excluding carboxylic acids is 2. The number of nitrogens with one attached hydrogen (secondary N) is 1. The van der Waals surface area contributed by atoms with Gasteiger partial charge in [0.15, 0.2) is 0 Å². The fourth-order valence-corrected chi connectivity index (χ4v) is 1.23. The Labute approximate surface area is 130 Å². The molecule has 0 aromatic heterocycles. The second-order valence-electron chi connectivity index (χ2n) is 4.55. The van der Waals surface area contributed by atoms with E-state index in [4.69, 9.17) is 19.3 Å². The molecule has 3 N–H and O–H groups in total. The van der Waals surface area contributed by atoms with Crippen molar-refractivity contribution in [2.24, 2.45) is 0 Å². The normalized spacial score (nSPS) is 11.8. The van der Waals surface area contributed by atoms with Gasteiger partial charge in [-0.15, -0.1) is 0 Å². The van der Waals surface area contributed by atoms with E-state index in [0.29, 0.717) is 19.7 Å². The van der Waals surface area contributed by atoms with E-state index >= 15 is 0 Å². The molecule has 0 radical (unpaired) electrons. The highest BCUT2D eigenvalue weighted by Crippen LogP contribution is 1.96. The van der Waals surface area contributed by atoms with Gasteiger partial charge in [-0.3, -0.25) is 4.79 Å². The van der Waals surface area contributed by atoms with Crippen LogP contribution in [0.2, 0.25) is 0 Å². The van der Waals surface area contributed by atoms with Gasteiger partial charge < -0.3 is 29.7 Å². The van der Waals surface area contributed by atoms with Crippen LogP contribution >= 0.6 is 0 Å². The molecule has 0 saturated heterocycles. The third kappa shape index (κ3) is 12.3. The summed E-state index contributed by atoms with van der Waals surface area (Å²) in [5, 5.41) is 20.9. The molecule has 8 heteroatoms. The quantitative estimate of drug-likeness (QED) is 0.225. The minimum atomic E-state index is -1.06. The summed E-state index contributed by atoms with van der Waals surface area (Å²) in [5.41, 5.74) is 0.234. The molecule has 0 aromatic carbocycles. The number of carbonyl (C=O) groups is 2. The first-order valence-electron chi connectivity index (χ1n) is 7.03. The fraction of sp³-hybridized carbons (Fsp3) is 0.714. The summed E-state index contributed by atoms with van der Waals surface area (Å²) in [7, 11) is 0. The predicted octanol–water partition coefficient (Wildman–Crippen LogP) is -1.00. The van der Waals surface area contributed by atoms with Crippen LogP contribution in [-0.4, -0.2) is 74.4 Å². The lowest BCUT2D eigenvalue weighted by atomic mass is 10.3. The first-order chi connectivity index (χ1) is 10.5. The van der Waals surface area contributed by atoms with Crippen LogP contribution in [0.4, 0.5) is 0 Å². The number of rotatable bonds is 13. The van der Waals surface area contributed by atoms with E-state index in [1.54, 1.807) is 0 Å². The fourth-order valence-electron chi connectivity index (χ4n) is 1.23. The molecular formula is C14H25NO7. The number of aliphatic hydroxyl groups is 2. The van der Waals surface area contributed by atoms with Gasteiger partial charge in [-0.2, -0.15) is 0 Å². The molecule has 0 rings (SSSR count). The lowest BCUT2D eigenvalue weighted by Gasteiger charge is -2.12. The predicted molar refractivity (Wildman–Crippen MR) is 78.1 cm³/mol. The van der Waals surface area contributed by atoms with Gasteiger partial charge in [0.05, 0.1) is 26.2 Å². The Morgan fingerprint density at radius 2 is 1.86 bits per heavy atom. The Kier molecular flexibility index (Phi) is 12.3. The standard InChI is InChI=1S/C14H25NO7/c1-11(2)14(19)22-10-12(17)9-21-13(18)3-4-15-5-7-20-8-6-16/h12,15-17H,1,3-10H2,2H3. The van der Waals surface area contributed by atoms with Gasteiger partial charge in [0, 0.05) is 18.7 Å². The topological polar surface area (TPSA) is 114 Å². The molecule has 1 atom stereocenters. The monoisotopic (exact) mass is 319 g/mol. The maximum atomic E-state index is 11.4. The van der Waals surface area contributed by atoms with Crippen LogP contribution in [0.15, 0.2) is 12.2 Å². The molecule has 0 fully saturated rings. The summed E-state index contributed by atoms with van der Waals surface area (Å²) in [5.74, 6) is -1.06. The zero-order valence-electron chi connectivity index (χ0n) is 12.9. The third-order valence-electron chi connectivity index (χ3n) is 2.36. The van der Waals surface area contributed by atoms with Crippen LogP contribution in [0.3, 0.4) is 0 Å². The Balaban J connectivity index is 3.52. The van der Waals surface area contributed by atoms with Gasteiger partial charge in [-0.1, -0.05) is 6.58 Å². The van der Waals surface area contributed by atoms with E-state index in [-0.39, 0.29) is 38.4 Å². The van der Waals surface area contributed by atoms with Gasteiger partial charge in [0.1, 0.15) is 19.3 Å². The molecule has 0 aliphatic rings. The zero-order chi connectivity index (χ0) is 16.8. The molecule has 0 saturated carbocycles. The maximum absolute atomic E-state index is 11.4. The van der Waals surface area contributed by atoms with Crippen LogP contribution < -0.4 is 5.32 Å². The van der Waals surface area contributed by atoms with Crippen molar-refractivity contribution in [1.29, 1.82) is 0 Å². The second-order valence-corrected chi connectivity index (χ2v) is 4.55. The number of ether oxygens (including phenoxy) is 3. The van der Waals surface area contributed by atoms with Crippen molar-refractivity contribution in [1.82, 2.24) is 5.32 Å². The lowest BCUT2D eigenvalue weighted by Crippen LogP contribution is -2.27. The van der Waals surface area contributed by atoms with Gasteiger partial charge in [-0.05, 0) is 6.92 Å². The molecule has 0 aliphatic heterocycles. The van der Waals surface area contributed by atoms with Crippen molar-refractivity contribution < 1.29 is 34.0 Å². The number of esters is 2. The van der Waals surface area contributed by atoms with Crippen LogP contribution in [0.5, 0.6) is 0 Å². The SMILES string of the molecule is C=C(C)C(=O)OCC(O)COC(=O)CCNCCOCCO. The Hall–Kier alpha value is -1.48.